The third-order valence-electron chi connectivity index (χ3n) is 2.96. The van der Waals surface area contributed by atoms with Crippen LogP contribution in [-0.2, 0) is 0 Å². The fourth-order valence-electron chi connectivity index (χ4n) is 1.79. The summed E-state index contributed by atoms with van der Waals surface area (Å²) in [7, 11) is 4.74. The van der Waals surface area contributed by atoms with Gasteiger partial charge in [0.05, 0.1) is 27.9 Å². The molecule has 19 heavy (non-hydrogen) atoms. The van der Waals surface area contributed by atoms with Crippen LogP contribution in [0.1, 0.15) is 19.4 Å². The molecule has 0 aliphatic carbocycles. The lowest BCUT2D eigenvalue weighted by atomic mass is 10.0. The van der Waals surface area contributed by atoms with Crippen molar-refractivity contribution in [3.63, 3.8) is 0 Å². The summed E-state index contributed by atoms with van der Waals surface area (Å²) in [6, 6.07) is 3.72. The molecule has 1 aromatic carbocycles. The fourth-order valence-corrected chi connectivity index (χ4v) is 1.79. The number of rotatable bonds is 6. The molecular weight excluding hydrogens is 244 g/mol. The average Bonchev–Trinajstić information content (AvgIpc) is 2.42. The van der Waals surface area contributed by atoms with Gasteiger partial charge in [-0.3, -0.25) is 0 Å². The summed E-state index contributed by atoms with van der Waals surface area (Å²) in [5, 5.41) is 9.36. The summed E-state index contributed by atoms with van der Waals surface area (Å²) in [4.78, 5) is 0. The smallest absolute Gasteiger partial charge is 0.203 e. The van der Waals surface area contributed by atoms with Crippen LogP contribution in [0.5, 0.6) is 17.2 Å². The molecule has 0 saturated carbocycles. The zero-order valence-electron chi connectivity index (χ0n) is 12.2. The van der Waals surface area contributed by atoms with E-state index in [1.54, 1.807) is 21.3 Å². The molecule has 0 fully saturated rings. The summed E-state index contributed by atoms with van der Waals surface area (Å²) < 4.78 is 15.9. The predicted molar refractivity (Wildman–Crippen MR) is 76.0 cm³/mol. The number of aliphatic hydroxyl groups is 1. The van der Waals surface area contributed by atoms with Crippen molar-refractivity contribution in [2.24, 2.45) is 5.92 Å². The first-order valence-electron chi connectivity index (χ1n) is 6.18. The minimum absolute atomic E-state index is 0.0360. The van der Waals surface area contributed by atoms with Gasteiger partial charge in [-0.05, 0) is 29.2 Å². The molecule has 0 radical (unpaired) electrons. The number of hydrogen-bond acceptors (Lipinski definition) is 4. The summed E-state index contributed by atoms with van der Waals surface area (Å²) in [5.41, 5.74) is 1.86. The first kappa shape index (κ1) is 15.4. The second-order valence-electron chi connectivity index (χ2n) is 4.49. The van der Waals surface area contributed by atoms with Crippen molar-refractivity contribution in [1.29, 1.82) is 0 Å². The molecule has 0 heterocycles. The quantitative estimate of drug-likeness (QED) is 0.860. The molecule has 0 saturated heterocycles. The third-order valence-corrected chi connectivity index (χ3v) is 2.96. The van der Waals surface area contributed by atoms with E-state index in [1.165, 1.54) is 0 Å². The molecule has 0 spiro atoms. The van der Waals surface area contributed by atoms with E-state index in [1.807, 2.05) is 32.1 Å². The van der Waals surface area contributed by atoms with E-state index in [2.05, 4.69) is 0 Å². The van der Waals surface area contributed by atoms with Crippen molar-refractivity contribution in [1.82, 2.24) is 0 Å². The molecular formula is C15H22O4. The van der Waals surface area contributed by atoms with Gasteiger partial charge in [-0.1, -0.05) is 19.9 Å². The molecule has 0 atom stereocenters. The molecule has 0 aliphatic rings. The van der Waals surface area contributed by atoms with Gasteiger partial charge in [0.15, 0.2) is 11.5 Å². The number of benzene rings is 1. The van der Waals surface area contributed by atoms with E-state index in [4.69, 9.17) is 14.2 Å². The molecule has 106 valence electrons. The van der Waals surface area contributed by atoms with Crippen LogP contribution in [0.3, 0.4) is 0 Å². The summed E-state index contributed by atoms with van der Waals surface area (Å²) in [6.45, 7) is 4.12. The van der Waals surface area contributed by atoms with Gasteiger partial charge in [0, 0.05) is 0 Å². The molecule has 1 rings (SSSR count). The second-order valence-corrected chi connectivity index (χ2v) is 4.49. The number of ether oxygens (including phenoxy) is 3. The van der Waals surface area contributed by atoms with Crippen molar-refractivity contribution in [2.45, 2.75) is 13.8 Å². The van der Waals surface area contributed by atoms with Gasteiger partial charge in [-0.15, -0.1) is 0 Å². The van der Waals surface area contributed by atoms with E-state index in [0.717, 1.165) is 11.1 Å². The molecule has 0 amide bonds. The monoisotopic (exact) mass is 266 g/mol. The van der Waals surface area contributed by atoms with Gasteiger partial charge in [0.25, 0.3) is 0 Å². The highest BCUT2D eigenvalue weighted by Gasteiger charge is 2.13. The summed E-state index contributed by atoms with van der Waals surface area (Å²) in [5.74, 6) is 2.06. The number of methoxy groups -OCH3 is 3. The topological polar surface area (TPSA) is 47.9 Å². The van der Waals surface area contributed by atoms with Crippen LogP contribution in [0.4, 0.5) is 0 Å². The maximum absolute atomic E-state index is 9.36. The lowest BCUT2D eigenvalue weighted by molar-refractivity contribution is 0.320. The third kappa shape index (κ3) is 3.64. The van der Waals surface area contributed by atoms with E-state index in [9.17, 15) is 5.11 Å². The normalized spacial score (nSPS) is 11.6. The van der Waals surface area contributed by atoms with Gasteiger partial charge >= 0.3 is 0 Å². The van der Waals surface area contributed by atoms with Crippen molar-refractivity contribution in [3.05, 3.63) is 23.3 Å². The maximum Gasteiger partial charge on any atom is 0.203 e. The molecule has 4 nitrogen and oxygen atoms in total. The van der Waals surface area contributed by atoms with Crippen LogP contribution in [0, 0.1) is 5.92 Å². The van der Waals surface area contributed by atoms with Gasteiger partial charge in [-0.25, -0.2) is 0 Å². The lowest BCUT2D eigenvalue weighted by Crippen LogP contribution is -2.00. The zero-order valence-corrected chi connectivity index (χ0v) is 12.2. The molecule has 1 N–H and O–H groups in total. The summed E-state index contributed by atoms with van der Waals surface area (Å²) >= 11 is 0. The Bertz CT molecular complexity index is 424. The molecule has 4 heteroatoms. The van der Waals surface area contributed by atoms with E-state index < -0.39 is 0 Å². The van der Waals surface area contributed by atoms with Crippen molar-refractivity contribution in [2.75, 3.05) is 27.9 Å². The van der Waals surface area contributed by atoms with Crippen LogP contribution in [-0.4, -0.2) is 33.0 Å². The van der Waals surface area contributed by atoms with Crippen LogP contribution in [0.2, 0.25) is 0 Å². The molecule has 0 aromatic heterocycles. The minimum atomic E-state index is 0.0360. The summed E-state index contributed by atoms with van der Waals surface area (Å²) in [6.07, 6.45) is 1.94. The Morgan fingerprint density at radius 3 is 1.95 bits per heavy atom. The Morgan fingerprint density at radius 2 is 1.63 bits per heavy atom. The van der Waals surface area contributed by atoms with Crippen molar-refractivity contribution in [3.8, 4) is 17.2 Å². The van der Waals surface area contributed by atoms with E-state index >= 15 is 0 Å². The molecule has 0 aliphatic heterocycles. The van der Waals surface area contributed by atoms with Gasteiger partial charge < -0.3 is 19.3 Å². The van der Waals surface area contributed by atoms with E-state index in [-0.39, 0.29) is 12.5 Å². The number of aliphatic hydroxyl groups excluding tert-OH is 1. The van der Waals surface area contributed by atoms with Gasteiger partial charge in [0.2, 0.25) is 5.75 Å². The fraction of sp³-hybridized carbons (Fsp3) is 0.467. The zero-order chi connectivity index (χ0) is 14.4. The van der Waals surface area contributed by atoms with Crippen molar-refractivity contribution >= 4 is 6.08 Å². The van der Waals surface area contributed by atoms with Crippen LogP contribution in [0.25, 0.3) is 6.08 Å². The standard InChI is InChI=1S/C15H22O4/c1-10(2)12(9-16)6-11-7-13(17-3)15(19-5)14(8-11)18-4/h6-8,10,16H,9H2,1-5H3. The Hall–Kier alpha value is -1.68. The molecule has 0 bridgehead atoms. The highest BCUT2D eigenvalue weighted by Crippen LogP contribution is 2.38. The van der Waals surface area contributed by atoms with Crippen LogP contribution >= 0.6 is 0 Å². The van der Waals surface area contributed by atoms with Crippen LogP contribution in [0.15, 0.2) is 17.7 Å². The molecule has 0 unspecified atom stereocenters. The SMILES string of the molecule is COc1cc(C=C(CO)C(C)C)cc(OC)c1OC. The highest BCUT2D eigenvalue weighted by atomic mass is 16.5. The van der Waals surface area contributed by atoms with Crippen LogP contribution < -0.4 is 14.2 Å². The molecule has 1 aromatic rings. The van der Waals surface area contributed by atoms with Gasteiger partial charge in [0.1, 0.15) is 0 Å². The minimum Gasteiger partial charge on any atom is -0.493 e. The average molecular weight is 266 g/mol. The largest absolute Gasteiger partial charge is 0.493 e. The van der Waals surface area contributed by atoms with E-state index in [0.29, 0.717) is 17.2 Å². The second kappa shape index (κ2) is 7.04. The Morgan fingerprint density at radius 1 is 1.11 bits per heavy atom. The lowest BCUT2D eigenvalue weighted by Gasteiger charge is -2.14. The maximum atomic E-state index is 9.36. The van der Waals surface area contributed by atoms with Gasteiger partial charge in [-0.2, -0.15) is 0 Å². The first-order valence-corrected chi connectivity index (χ1v) is 6.18. The predicted octanol–water partition coefficient (Wildman–Crippen LogP) is 2.74. The number of hydrogen-bond donors (Lipinski definition) is 1. The Kier molecular flexibility index (Phi) is 5.70. The highest BCUT2D eigenvalue weighted by molar-refractivity contribution is 5.63. The van der Waals surface area contributed by atoms with Crippen molar-refractivity contribution < 1.29 is 19.3 Å². The Labute approximate surface area is 114 Å². The Balaban J connectivity index is 3.30. The first-order chi connectivity index (χ1) is 9.07.